The molecular weight excluding hydrogens is 186 g/mol. The van der Waals surface area contributed by atoms with Gasteiger partial charge in [0.1, 0.15) is 0 Å². The van der Waals surface area contributed by atoms with E-state index < -0.39 is 5.97 Å². The molecule has 0 heterocycles. The number of hydrogen-bond acceptors (Lipinski definition) is 3. The van der Waals surface area contributed by atoms with Gasteiger partial charge in [0.25, 0.3) is 0 Å². The van der Waals surface area contributed by atoms with E-state index in [1.54, 1.807) is 0 Å². The molecule has 1 rings (SSSR count). The molecule has 13 heavy (non-hydrogen) atoms. The SMILES string of the molecule is CCSC1CCC(NCC(=O)O)C1. The van der Waals surface area contributed by atoms with E-state index in [2.05, 4.69) is 12.2 Å². The predicted molar refractivity (Wildman–Crippen MR) is 55.2 cm³/mol. The van der Waals surface area contributed by atoms with Gasteiger partial charge < -0.3 is 10.4 Å². The van der Waals surface area contributed by atoms with Crippen LogP contribution in [0.1, 0.15) is 26.2 Å². The molecule has 0 bridgehead atoms. The number of thioether (sulfide) groups is 1. The normalized spacial score (nSPS) is 27.8. The van der Waals surface area contributed by atoms with Crippen LogP contribution in [0.2, 0.25) is 0 Å². The summed E-state index contributed by atoms with van der Waals surface area (Å²) in [6.45, 7) is 2.27. The zero-order valence-corrected chi connectivity index (χ0v) is 8.77. The van der Waals surface area contributed by atoms with Crippen molar-refractivity contribution in [3.05, 3.63) is 0 Å². The van der Waals surface area contributed by atoms with E-state index in [0.29, 0.717) is 6.04 Å². The molecule has 2 unspecified atom stereocenters. The summed E-state index contributed by atoms with van der Waals surface area (Å²) < 4.78 is 0. The van der Waals surface area contributed by atoms with Crippen molar-refractivity contribution >= 4 is 17.7 Å². The van der Waals surface area contributed by atoms with Crippen molar-refractivity contribution < 1.29 is 9.90 Å². The van der Waals surface area contributed by atoms with E-state index in [1.165, 1.54) is 6.42 Å². The quantitative estimate of drug-likeness (QED) is 0.708. The maximum atomic E-state index is 10.3. The Kier molecular flexibility index (Phi) is 4.59. The fraction of sp³-hybridized carbons (Fsp3) is 0.889. The van der Waals surface area contributed by atoms with Crippen molar-refractivity contribution in [2.75, 3.05) is 12.3 Å². The van der Waals surface area contributed by atoms with Crippen molar-refractivity contribution in [1.82, 2.24) is 5.32 Å². The first-order valence-corrected chi connectivity index (χ1v) is 5.84. The Labute approximate surface area is 83.3 Å². The summed E-state index contributed by atoms with van der Waals surface area (Å²) in [4.78, 5) is 10.3. The van der Waals surface area contributed by atoms with Gasteiger partial charge in [0.15, 0.2) is 0 Å². The Balaban J connectivity index is 2.13. The summed E-state index contributed by atoms with van der Waals surface area (Å²) in [7, 11) is 0. The van der Waals surface area contributed by atoms with Crippen molar-refractivity contribution in [2.45, 2.75) is 37.5 Å². The molecule has 76 valence electrons. The van der Waals surface area contributed by atoms with Gasteiger partial charge >= 0.3 is 5.97 Å². The van der Waals surface area contributed by atoms with Gasteiger partial charge in [-0.2, -0.15) is 11.8 Å². The standard InChI is InChI=1S/C9H17NO2S/c1-2-13-8-4-3-7(5-8)10-6-9(11)12/h7-8,10H,2-6H2,1H3,(H,11,12). The third kappa shape index (κ3) is 4.00. The first kappa shape index (κ1) is 10.9. The van der Waals surface area contributed by atoms with Crippen LogP contribution >= 0.6 is 11.8 Å². The Morgan fingerprint density at radius 3 is 3.00 bits per heavy atom. The van der Waals surface area contributed by atoms with E-state index in [1.807, 2.05) is 11.8 Å². The molecule has 1 aliphatic rings. The Hall–Kier alpha value is -0.220. The van der Waals surface area contributed by atoms with Crippen LogP contribution < -0.4 is 5.32 Å². The lowest BCUT2D eigenvalue weighted by Gasteiger charge is -2.10. The first-order valence-electron chi connectivity index (χ1n) is 4.79. The average Bonchev–Trinajstić information content (AvgIpc) is 2.50. The van der Waals surface area contributed by atoms with Gasteiger partial charge in [-0.05, 0) is 25.0 Å². The van der Waals surface area contributed by atoms with Gasteiger partial charge in [-0.1, -0.05) is 6.92 Å². The highest BCUT2D eigenvalue weighted by molar-refractivity contribution is 7.99. The summed E-state index contributed by atoms with van der Waals surface area (Å²) in [5.74, 6) is 0.405. The van der Waals surface area contributed by atoms with Crippen LogP contribution in [0.15, 0.2) is 0 Å². The van der Waals surface area contributed by atoms with E-state index in [4.69, 9.17) is 5.11 Å². The minimum Gasteiger partial charge on any atom is -0.480 e. The summed E-state index contributed by atoms with van der Waals surface area (Å²) in [5.41, 5.74) is 0. The number of carboxylic acids is 1. The van der Waals surface area contributed by atoms with E-state index in [-0.39, 0.29) is 6.54 Å². The van der Waals surface area contributed by atoms with Gasteiger partial charge in [-0.15, -0.1) is 0 Å². The predicted octanol–water partition coefficient (Wildman–Crippen LogP) is 1.33. The maximum Gasteiger partial charge on any atom is 0.317 e. The molecule has 0 aromatic rings. The molecule has 2 atom stereocenters. The molecule has 0 radical (unpaired) electrons. The maximum absolute atomic E-state index is 10.3. The Morgan fingerprint density at radius 1 is 1.62 bits per heavy atom. The Bertz CT molecular complexity index is 175. The highest BCUT2D eigenvalue weighted by Crippen LogP contribution is 2.29. The molecule has 1 fully saturated rings. The number of nitrogens with one attached hydrogen (secondary N) is 1. The van der Waals surface area contributed by atoms with E-state index in [0.717, 1.165) is 23.8 Å². The lowest BCUT2D eigenvalue weighted by atomic mass is 10.2. The lowest BCUT2D eigenvalue weighted by molar-refractivity contribution is -0.136. The highest BCUT2D eigenvalue weighted by Gasteiger charge is 2.24. The van der Waals surface area contributed by atoms with Gasteiger partial charge in [0.2, 0.25) is 0 Å². The average molecular weight is 203 g/mol. The number of rotatable bonds is 5. The van der Waals surface area contributed by atoms with E-state index >= 15 is 0 Å². The van der Waals surface area contributed by atoms with Gasteiger partial charge in [-0.25, -0.2) is 0 Å². The van der Waals surface area contributed by atoms with Crippen molar-refractivity contribution in [3.8, 4) is 0 Å². The second-order valence-corrected chi connectivity index (χ2v) is 4.94. The fourth-order valence-electron chi connectivity index (χ4n) is 1.74. The third-order valence-corrected chi connectivity index (χ3v) is 3.56. The zero-order valence-electron chi connectivity index (χ0n) is 7.95. The number of carbonyl (C=O) groups is 1. The third-order valence-electron chi connectivity index (χ3n) is 2.33. The second kappa shape index (κ2) is 5.50. The molecular formula is C9H17NO2S. The second-order valence-electron chi connectivity index (χ2n) is 3.36. The summed E-state index contributed by atoms with van der Waals surface area (Å²) in [5, 5.41) is 12.3. The molecule has 0 aromatic heterocycles. The first-order chi connectivity index (χ1) is 6.22. The molecule has 1 aliphatic carbocycles. The smallest absolute Gasteiger partial charge is 0.317 e. The summed E-state index contributed by atoms with van der Waals surface area (Å²) in [6, 6.07) is 0.431. The van der Waals surface area contributed by atoms with Gasteiger partial charge in [0.05, 0.1) is 6.54 Å². The largest absolute Gasteiger partial charge is 0.480 e. The van der Waals surface area contributed by atoms with Crippen LogP contribution in [0.4, 0.5) is 0 Å². The molecule has 2 N–H and O–H groups in total. The molecule has 0 amide bonds. The highest BCUT2D eigenvalue weighted by atomic mass is 32.2. The van der Waals surface area contributed by atoms with E-state index in [9.17, 15) is 4.79 Å². The zero-order chi connectivity index (χ0) is 9.68. The van der Waals surface area contributed by atoms with Crippen molar-refractivity contribution in [1.29, 1.82) is 0 Å². The summed E-state index contributed by atoms with van der Waals surface area (Å²) >= 11 is 1.99. The van der Waals surface area contributed by atoms with Crippen LogP contribution in [0.3, 0.4) is 0 Å². The lowest BCUT2D eigenvalue weighted by Crippen LogP contribution is -2.31. The minimum atomic E-state index is -0.758. The Morgan fingerprint density at radius 2 is 2.38 bits per heavy atom. The number of aliphatic carboxylic acids is 1. The topological polar surface area (TPSA) is 49.3 Å². The molecule has 3 nitrogen and oxygen atoms in total. The number of carboxylic acid groups (broad SMARTS) is 1. The minimum absolute atomic E-state index is 0.105. The molecule has 0 saturated heterocycles. The number of hydrogen-bond donors (Lipinski definition) is 2. The molecule has 0 aliphatic heterocycles. The molecule has 0 aromatic carbocycles. The van der Waals surface area contributed by atoms with Crippen LogP contribution in [0.25, 0.3) is 0 Å². The van der Waals surface area contributed by atoms with Crippen molar-refractivity contribution in [2.24, 2.45) is 0 Å². The van der Waals surface area contributed by atoms with Crippen molar-refractivity contribution in [3.63, 3.8) is 0 Å². The summed E-state index contributed by atoms with van der Waals surface area (Å²) in [6.07, 6.45) is 3.49. The van der Waals surface area contributed by atoms with Crippen LogP contribution in [0, 0.1) is 0 Å². The van der Waals surface area contributed by atoms with Gasteiger partial charge in [-0.3, -0.25) is 4.79 Å². The van der Waals surface area contributed by atoms with Crippen LogP contribution in [-0.4, -0.2) is 34.7 Å². The molecule has 4 heteroatoms. The van der Waals surface area contributed by atoms with Crippen LogP contribution in [0.5, 0.6) is 0 Å². The monoisotopic (exact) mass is 203 g/mol. The molecule has 0 spiro atoms. The molecule has 1 saturated carbocycles. The van der Waals surface area contributed by atoms with Crippen LogP contribution in [-0.2, 0) is 4.79 Å². The van der Waals surface area contributed by atoms with Gasteiger partial charge in [0, 0.05) is 11.3 Å². The fourth-order valence-corrected chi connectivity index (χ4v) is 2.89.